The maximum Gasteiger partial charge on any atom is 0.338 e. The van der Waals surface area contributed by atoms with Crippen molar-refractivity contribution in [3.05, 3.63) is 95.1 Å². The van der Waals surface area contributed by atoms with Gasteiger partial charge in [-0.1, -0.05) is 29.8 Å². The molecule has 3 aromatic carbocycles. The minimum atomic E-state index is -3.77. The summed E-state index contributed by atoms with van der Waals surface area (Å²) in [5.74, 6) is -1.13. The van der Waals surface area contributed by atoms with E-state index in [1.54, 1.807) is 48.5 Å². The summed E-state index contributed by atoms with van der Waals surface area (Å²) in [6.07, 6.45) is 0. The van der Waals surface area contributed by atoms with Gasteiger partial charge in [-0.3, -0.25) is 9.52 Å². The summed E-state index contributed by atoms with van der Waals surface area (Å²) in [6, 6.07) is 18.8. The van der Waals surface area contributed by atoms with E-state index in [4.69, 9.17) is 10.5 Å². The molecule has 0 aromatic heterocycles. The third-order valence-electron chi connectivity index (χ3n) is 4.31. The van der Waals surface area contributed by atoms with Crippen LogP contribution in [0.3, 0.4) is 0 Å². The number of hydrogen-bond donors (Lipinski definition) is 2. The molecule has 7 nitrogen and oxygen atoms in total. The van der Waals surface area contributed by atoms with E-state index in [-0.39, 0.29) is 17.1 Å². The molecule has 0 radical (unpaired) electrons. The average molecular weight is 424 g/mol. The Kier molecular flexibility index (Phi) is 6.17. The Morgan fingerprint density at radius 2 is 1.43 bits per heavy atom. The number of nitrogens with one attached hydrogen (secondary N) is 1. The number of sulfonamides is 1. The Labute approximate surface area is 174 Å². The molecule has 0 saturated heterocycles. The lowest BCUT2D eigenvalue weighted by atomic mass is 10.1. The van der Waals surface area contributed by atoms with Gasteiger partial charge in [-0.05, 0) is 61.0 Å². The number of hydrogen-bond acceptors (Lipinski definition) is 5. The number of rotatable bonds is 7. The van der Waals surface area contributed by atoms with Crippen molar-refractivity contribution in [2.45, 2.75) is 18.4 Å². The van der Waals surface area contributed by atoms with Crippen LogP contribution in [0.15, 0.2) is 77.7 Å². The van der Waals surface area contributed by atoms with E-state index in [1.807, 2.05) is 6.92 Å². The number of primary amides is 1. The van der Waals surface area contributed by atoms with Crippen molar-refractivity contribution < 1.29 is 22.7 Å². The van der Waals surface area contributed by atoms with Crippen LogP contribution in [0.1, 0.15) is 31.8 Å². The van der Waals surface area contributed by atoms with Crippen LogP contribution < -0.4 is 10.5 Å². The predicted molar refractivity (Wildman–Crippen MR) is 113 cm³/mol. The fourth-order valence-corrected chi connectivity index (χ4v) is 3.66. The van der Waals surface area contributed by atoms with E-state index in [0.717, 1.165) is 5.56 Å². The lowest BCUT2D eigenvalue weighted by Crippen LogP contribution is -2.13. The van der Waals surface area contributed by atoms with Crippen LogP contribution in [-0.4, -0.2) is 20.3 Å². The SMILES string of the molecule is Cc1ccc(NS(=O)(=O)c2ccc(C(=O)OCc3ccc(C(N)=O)cc3)cc2)cc1. The maximum atomic E-state index is 12.5. The first-order chi connectivity index (χ1) is 14.2. The molecule has 0 unspecified atom stereocenters. The molecule has 0 bridgehead atoms. The van der Waals surface area contributed by atoms with Gasteiger partial charge in [0.2, 0.25) is 5.91 Å². The third-order valence-corrected chi connectivity index (χ3v) is 5.71. The monoisotopic (exact) mass is 424 g/mol. The van der Waals surface area contributed by atoms with E-state index in [2.05, 4.69) is 4.72 Å². The van der Waals surface area contributed by atoms with Gasteiger partial charge in [0.15, 0.2) is 0 Å². The van der Waals surface area contributed by atoms with Gasteiger partial charge in [-0.15, -0.1) is 0 Å². The number of ether oxygens (including phenoxy) is 1. The van der Waals surface area contributed by atoms with Gasteiger partial charge < -0.3 is 10.5 Å². The summed E-state index contributed by atoms with van der Waals surface area (Å²) in [5, 5.41) is 0. The van der Waals surface area contributed by atoms with Gasteiger partial charge in [-0.25, -0.2) is 13.2 Å². The Morgan fingerprint density at radius 1 is 0.867 bits per heavy atom. The molecule has 0 fully saturated rings. The van der Waals surface area contributed by atoms with Crippen molar-refractivity contribution in [3.63, 3.8) is 0 Å². The van der Waals surface area contributed by atoms with Crippen molar-refractivity contribution in [1.82, 2.24) is 0 Å². The van der Waals surface area contributed by atoms with E-state index in [9.17, 15) is 18.0 Å². The van der Waals surface area contributed by atoms with Crippen LogP contribution in [0.2, 0.25) is 0 Å². The van der Waals surface area contributed by atoms with Crippen LogP contribution >= 0.6 is 0 Å². The van der Waals surface area contributed by atoms with Gasteiger partial charge >= 0.3 is 5.97 Å². The fourth-order valence-electron chi connectivity index (χ4n) is 2.60. The lowest BCUT2D eigenvalue weighted by Gasteiger charge is -2.09. The summed E-state index contributed by atoms with van der Waals surface area (Å²) in [5.41, 5.74) is 7.92. The number of anilines is 1. The van der Waals surface area contributed by atoms with Crippen LogP contribution in [0.25, 0.3) is 0 Å². The lowest BCUT2D eigenvalue weighted by molar-refractivity contribution is 0.0472. The first kappa shape index (κ1) is 21.1. The number of nitrogens with two attached hydrogens (primary N) is 1. The Balaban J connectivity index is 1.63. The van der Waals surface area contributed by atoms with Gasteiger partial charge in [0.1, 0.15) is 6.61 Å². The van der Waals surface area contributed by atoms with Crippen LogP contribution in [0.4, 0.5) is 5.69 Å². The fraction of sp³-hybridized carbons (Fsp3) is 0.0909. The molecule has 8 heteroatoms. The van der Waals surface area contributed by atoms with Crippen LogP contribution in [-0.2, 0) is 21.4 Å². The summed E-state index contributed by atoms with van der Waals surface area (Å²) >= 11 is 0. The molecule has 0 aliphatic carbocycles. The van der Waals surface area contributed by atoms with Crippen molar-refractivity contribution in [2.24, 2.45) is 5.73 Å². The van der Waals surface area contributed by atoms with Crippen LogP contribution in [0, 0.1) is 6.92 Å². The standard InChI is InChI=1S/C22H20N2O5S/c1-15-2-10-19(11-3-15)24-30(27,28)20-12-8-18(9-13-20)22(26)29-14-16-4-6-17(7-5-16)21(23)25/h2-13,24H,14H2,1H3,(H2,23,25). The first-order valence-electron chi connectivity index (χ1n) is 9.00. The second-order valence-electron chi connectivity index (χ2n) is 6.63. The molecule has 0 atom stereocenters. The Morgan fingerprint density at radius 3 is 2.00 bits per heavy atom. The molecule has 30 heavy (non-hydrogen) atoms. The van der Waals surface area contributed by atoms with E-state index >= 15 is 0 Å². The molecule has 0 saturated carbocycles. The minimum absolute atomic E-state index is 0.00685. The maximum absolute atomic E-state index is 12.5. The molecule has 3 N–H and O–H groups in total. The summed E-state index contributed by atoms with van der Waals surface area (Å²) in [4.78, 5) is 23.3. The molecule has 1 amide bonds. The molecular weight excluding hydrogens is 404 g/mol. The van der Waals surface area contributed by atoms with Crippen LogP contribution in [0.5, 0.6) is 0 Å². The van der Waals surface area contributed by atoms with E-state index < -0.39 is 21.9 Å². The van der Waals surface area contributed by atoms with Crippen molar-refractivity contribution in [2.75, 3.05) is 4.72 Å². The second-order valence-corrected chi connectivity index (χ2v) is 8.32. The predicted octanol–water partition coefficient (Wildman–Crippen LogP) is 3.25. The number of amides is 1. The summed E-state index contributed by atoms with van der Waals surface area (Å²) < 4.78 is 32.7. The zero-order valence-corrected chi connectivity index (χ0v) is 17.0. The molecule has 0 spiro atoms. The highest BCUT2D eigenvalue weighted by Gasteiger charge is 2.16. The average Bonchev–Trinajstić information content (AvgIpc) is 2.74. The minimum Gasteiger partial charge on any atom is -0.457 e. The Hall–Kier alpha value is -3.65. The molecule has 0 aliphatic heterocycles. The summed E-state index contributed by atoms with van der Waals surface area (Å²) in [6.45, 7) is 1.92. The largest absolute Gasteiger partial charge is 0.457 e. The molecule has 3 aromatic rings. The highest BCUT2D eigenvalue weighted by molar-refractivity contribution is 7.92. The quantitative estimate of drug-likeness (QED) is 0.565. The number of esters is 1. The smallest absolute Gasteiger partial charge is 0.338 e. The normalized spacial score (nSPS) is 11.0. The highest BCUT2D eigenvalue weighted by atomic mass is 32.2. The van der Waals surface area contributed by atoms with E-state index in [0.29, 0.717) is 16.8 Å². The number of benzene rings is 3. The highest BCUT2D eigenvalue weighted by Crippen LogP contribution is 2.18. The zero-order valence-electron chi connectivity index (χ0n) is 16.2. The van der Waals surface area contributed by atoms with Gasteiger partial charge in [0.25, 0.3) is 10.0 Å². The number of carbonyl (C=O) groups excluding carboxylic acids is 2. The number of carbonyl (C=O) groups is 2. The molecule has 3 rings (SSSR count). The molecule has 0 aliphatic rings. The van der Waals surface area contributed by atoms with Gasteiger partial charge in [0.05, 0.1) is 10.5 Å². The first-order valence-corrected chi connectivity index (χ1v) is 10.5. The topological polar surface area (TPSA) is 116 Å². The Bertz CT molecular complexity index is 1150. The third kappa shape index (κ3) is 5.24. The van der Waals surface area contributed by atoms with Crippen molar-refractivity contribution in [3.8, 4) is 0 Å². The second kappa shape index (κ2) is 8.79. The molecule has 154 valence electrons. The van der Waals surface area contributed by atoms with Gasteiger partial charge in [-0.2, -0.15) is 0 Å². The molecule has 0 heterocycles. The van der Waals surface area contributed by atoms with Crippen molar-refractivity contribution in [1.29, 1.82) is 0 Å². The van der Waals surface area contributed by atoms with Crippen molar-refractivity contribution >= 4 is 27.6 Å². The molecular formula is C22H20N2O5S. The summed E-state index contributed by atoms with van der Waals surface area (Å²) in [7, 11) is -3.77. The van der Waals surface area contributed by atoms with Gasteiger partial charge in [0, 0.05) is 11.3 Å². The van der Waals surface area contributed by atoms with E-state index in [1.165, 1.54) is 24.3 Å². The zero-order chi connectivity index (χ0) is 21.7. The number of aryl methyl sites for hydroxylation is 1.